The molecular formula is C41H63FN2O11. The van der Waals surface area contributed by atoms with Crippen LogP contribution in [-0.2, 0) is 35.3 Å². The zero-order valence-electron chi connectivity index (χ0n) is 32.8. The van der Waals surface area contributed by atoms with Gasteiger partial charge in [-0.2, -0.15) is 4.39 Å². The molecule has 310 valence electrons. The number of ether oxygens (including phenoxy) is 3. The Bertz CT molecular complexity index is 1600. The second-order valence-corrected chi connectivity index (χ2v) is 17.5. The Labute approximate surface area is 322 Å². The summed E-state index contributed by atoms with van der Waals surface area (Å²) >= 11 is 0. The molecule has 0 saturated heterocycles. The monoisotopic (exact) mass is 778 g/mol. The lowest BCUT2D eigenvalue weighted by Crippen LogP contribution is -2.62. The van der Waals surface area contributed by atoms with Crippen LogP contribution in [0.4, 0.5) is 4.39 Å². The number of carboxylic acid groups (broad SMARTS) is 1. The lowest BCUT2D eigenvalue weighted by atomic mass is 9.43. The molecule has 4 fully saturated rings. The van der Waals surface area contributed by atoms with Crippen LogP contribution in [0.5, 0.6) is 0 Å². The number of hydrogen-bond acceptors (Lipinski definition) is 10. The van der Waals surface area contributed by atoms with Crippen molar-refractivity contribution in [3.63, 3.8) is 0 Å². The zero-order chi connectivity index (χ0) is 39.9. The van der Waals surface area contributed by atoms with Crippen molar-refractivity contribution >= 4 is 17.9 Å². The molecule has 1 heterocycles. The third kappa shape index (κ3) is 10.1. The molecule has 55 heavy (non-hydrogen) atoms. The standard InChI is InChI=1S/C41H63FN2O11/c1-25(12-15-34(47)48)28-13-14-29-37-30(22-33(46)41(28,29)3)40(2)17-16-27(20-26(40)21-32(37)45)53-18-19-54-35(49)10-8-6-4-5-7-9-11-36(50)55-24-44-23-31(42)38(51)43-39(44)52/h23,25-30,32-33,37,45-46H,4-22,24H2,1-3H3,(H,47,48)(H,43,51,52)/t25-,26+,27+,28-,29+,30+,32-,33+,37+,40+,41-/m1/s1. The van der Waals surface area contributed by atoms with Crippen molar-refractivity contribution in [3.8, 4) is 0 Å². The normalized spacial score (nSPS) is 33.2. The number of carbonyl (C=O) groups excluding carboxylic acids is 2. The van der Waals surface area contributed by atoms with Crippen LogP contribution in [0.15, 0.2) is 15.8 Å². The number of aliphatic carboxylic acids is 1. The first-order valence-electron chi connectivity index (χ1n) is 20.6. The highest BCUT2D eigenvalue weighted by Gasteiger charge is 2.65. The van der Waals surface area contributed by atoms with Crippen LogP contribution in [-0.4, -0.2) is 74.3 Å². The largest absolute Gasteiger partial charge is 0.481 e. The number of aromatic amines is 1. The molecule has 1 aromatic heterocycles. The maximum absolute atomic E-state index is 13.3. The molecule has 4 saturated carbocycles. The van der Waals surface area contributed by atoms with Gasteiger partial charge >= 0.3 is 23.6 Å². The van der Waals surface area contributed by atoms with Crippen molar-refractivity contribution in [2.24, 2.45) is 46.3 Å². The Hall–Kier alpha value is -3.10. The van der Waals surface area contributed by atoms with Gasteiger partial charge in [-0.05, 0) is 111 Å². The number of carboxylic acids is 1. The minimum atomic E-state index is -1.14. The second-order valence-electron chi connectivity index (χ2n) is 17.5. The van der Waals surface area contributed by atoms with Gasteiger partial charge in [0.1, 0.15) is 6.61 Å². The predicted molar refractivity (Wildman–Crippen MR) is 199 cm³/mol. The number of rotatable bonds is 19. The maximum atomic E-state index is 13.3. The van der Waals surface area contributed by atoms with Gasteiger partial charge in [-0.15, -0.1) is 0 Å². The molecule has 0 aromatic carbocycles. The summed E-state index contributed by atoms with van der Waals surface area (Å²) in [6.45, 7) is 6.76. The number of hydrogen-bond donors (Lipinski definition) is 4. The van der Waals surface area contributed by atoms with Gasteiger partial charge in [-0.25, -0.2) is 4.79 Å². The third-order valence-corrected chi connectivity index (χ3v) is 14.4. The Morgan fingerprint density at radius 3 is 2.27 bits per heavy atom. The summed E-state index contributed by atoms with van der Waals surface area (Å²) in [5, 5.41) is 32.8. The number of aliphatic hydroxyl groups is 2. The Balaban J connectivity index is 0.936. The zero-order valence-corrected chi connectivity index (χ0v) is 32.8. The van der Waals surface area contributed by atoms with E-state index >= 15 is 0 Å². The Kier molecular flexibility index (Phi) is 14.8. The molecule has 11 atom stereocenters. The summed E-state index contributed by atoms with van der Waals surface area (Å²) < 4.78 is 30.7. The van der Waals surface area contributed by atoms with Crippen molar-refractivity contribution < 1.29 is 48.3 Å². The topological polar surface area (TPSA) is 194 Å². The van der Waals surface area contributed by atoms with E-state index in [4.69, 9.17) is 14.2 Å². The number of aromatic nitrogens is 2. The first-order chi connectivity index (χ1) is 26.1. The Morgan fingerprint density at radius 1 is 0.909 bits per heavy atom. The van der Waals surface area contributed by atoms with Gasteiger partial charge in [-0.3, -0.25) is 28.7 Å². The average Bonchev–Trinajstić information content (AvgIpc) is 3.50. The molecule has 0 bridgehead atoms. The molecule has 0 aliphatic heterocycles. The van der Waals surface area contributed by atoms with Gasteiger partial charge in [0.25, 0.3) is 5.56 Å². The van der Waals surface area contributed by atoms with Crippen LogP contribution >= 0.6 is 0 Å². The molecule has 1 aromatic rings. The number of H-pyrrole nitrogens is 1. The smallest absolute Gasteiger partial charge is 0.331 e. The lowest BCUT2D eigenvalue weighted by Gasteiger charge is -2.63. The summed E-state index contributed by atoms with van der Waals surface area (Å²) in [6, 6.07) is 0. The molecule has 0 amide bonds. The number of fused-ring (bicyclic) bond motifs is 5. The highest BCUT2D eigenvalue weighted by atomic mass is 19.1. The van der Waals surface area contributed by atoms with Gasteiger partial charge in [0, 0.05) is 19.3 Å². The minimum absolute atomic E-state index is 0.00998. The molecule has 0 spiro atoms. The molecule has 4 aliphatic rings. The van der Waals surface area contributed by atoms with Gasteiger partial charge in [0.2, 0.25) is 5.82 Å². The number of aliphatic hydroxyl groups excluding tert-OH is 2. The first-order valence-corrected chi connectivity index (χ1v) is 20.6. The van der Waals surface area contributed by atoms with Crippen molar-refractivity contribution in [2.45, 2.75) is 155 Å². The summed E-state index contributed by atoms with van der Waals surface area (Å²) in [7, 11) is 0. The Morgan fingerprint density at radius 2 is 1.58 bits per heavy atom. The highest BCUT2D eigenvalue weighted by Crippen LogP contribution is 2.68. The fraction of sp³-hybridized carbons (Fsp3) is 0.829. The predicted octanol–water partition coefficient (Wildman–Crippen LogP) is 5.33. The number of nitrogens with zero attached hydrogens (tertiary/aromatic N) is 1. The van der Waals surface area contributed by atoms with Crippen LogP contribution in [0.1, 0.15) is 130 Å². The van der Waals surface area contributed by atoms with Crippen LogP contribution in [0.25, 0.3) is 0 Å². The van der Waals surface area contributed by atoms with Crippen molar-refractivity contribution in [1.82, 2.24) is 9.55 Å². The van der Waals surface area contributed by atoms with E-state index in [1.165, 1.54) is 0 Å². The number of carbonyl (C=O) groups is 3. The van der Waals surface area contributed by atoms with E-state index in [1.54, 1.807) is 4.98 Å². The van der Waals surface area contributed by atoms with Crippen LogP contribution < -0.4 is 11.2 Å². The quantitative estimate of drug-likeness (QED) is 0.105. The fourth-order valence-electron chi connectivity index (χ4n) is 11.3. The number of halogens is 1. The summed E-state index contributed by atoms with van der Waals surface area (Å²) in [5.41, 5.74) is -2.29. The molecule has 0 unspecified atom stereocenters. The third-order valence-electron chi connectivity index (χ3n) is 14.4. The maximum Gasteiger partial charge on any atom is 0.331 e. The summed E-state index contributed by atoms with van der Waals surface area (Å²) in [5.74, 6) is -1.34. The summed E-state index contributed by atoms with van der Waals surface area (Å²) in [6.07, 6.45) is 11.9. The molecule has 0 radical (unpaired) electrons. The molecule has 14 heteroatoms. The van der Waals surface area contributed by atoms with E-state index in [0.29, 0.717) is 44.9 Å². The SMILES string of the molecule is C[C@H](CCC(=O)O)[C@H]1CC[C@H]2[C@@H]3[C@H](O)C[C@@H]4C[C@@H](OCCOC(=O)CCCCCCCCC(=O)OCn5cc(F)c(=O)[nH]c5=O)CC[C@]4(C)[C@H]3C[C@H](O)[C@]12C. The van der Waals surface area contributed by atoms with Gasteiger partial charge in [0.15, 0.2) is 6.73 Å². The van der Waals surface area contributed by atoms with Gasteiger partial charge < -0.3 is 29.5 Å². The van der Waals surface area contributed by atoms with Crippen LogP contribution in [0.2, 0.25) is 0 Å². The van der Waals surface area contributed by atoms with E-state index in [0.717, 1.165) is 68.8 Å². The van der Waals surface area contributed by atoms with Crippen molar-refractivity contribution in [1.29, 1.82) is 0 Å². The highest BCUT2D eigenvalue weighted by molar-refractivity contribution is 5.69. The number of nitrogens with one attached hydrogen (secondary N) is 1. The van der Waals surface area contributed by atoms with Gasteiger partial charge in [0.05, 0.1) is 31.1 Å². The van der Waals surface area contributed by atoms with Crippen molar-refractivity contribution in [3.05, 3.63) is 32.9 Å². The first kappa shape index (κ1) is 43.0. The van der Waals surface area contributed by atoms with E-state index < -0.39 is 47.9 Å². The van der Waals surface area contributed by atoms with Crippen LogP contribution in [0.3, 0.4) is 0 Å². The minimum Gasteiger partial charge on any atom is -0.481 e. The molecular weight excluding hydrogens is 715 g/mol. The van der Waals surface area contributed by atoms with E-state index in [1.807, 2.05) is 0 Å². The molecule has 4 aliphatic carbocycles. The number of unbranched alkanes of at least 4 members (excludes halogenated alkanes) is 5. The van der Waals surface area contributed by atoms with Gasteiger partial charge in [-0.1, -0.05) is 46.5 Å². The summed E-state index contributed by atoms with van der Waals surface area (Å²) in [4.78, 5) is 60.0. The molecule has 5 rings (SSSR count). The molecule has 4 N–H and O–H groups in total. The molecule has 13 nitrogen and oxygen atoms in total. The van der Waals surface area contributed by atoms with E-state index in [2.05, 4.69) is 20.8 Å². The second kappa shape index (κ2) is 18.9. The van der Waals surface area contributed by atoms with Crippen molar-refractivity contribution in [2.75, 3.05) is 13.2 Å². The van der Waals surface area contributed by atoms with E-state index in [-0.39, 0.29) is 77.9 Å². The van der Waals surface area contributed by atoms with Crippen LogP contribution in [0, 0.1) is 52.2 Å². The fourth-order valence-corrected chi connectivity index (χ4v) is 11.3. The van der Waals surface area contributed by atoms with E-state index in [9.17, 15) is 43.7 Å². The number of esters is 2. The average molecular weight is 779 g/mol. The lowest BCUT2D eigenvalue weighted by molar-refractivity contribution is -0.209.